The van der Waals surface area contributed by atoms with Gasteiger partial charge >= 0.3 is 5.97 Å². The van der Waals surface area contributed by atoms with Gasteiger partial charge in [-0.15, -0.1) is 0 Å². The number of hydrogen-bond donors (Lipinski definition) is 3. The molecule has 7 nitrogen and oxygen atoms in total. The first-order chi connectivity index (χ1) is 13.0. The van der Waals surface area contributed by atoms with Crippen LogP contribution in [-0.4, -0.2) is 29.8 Å². The van der Waals surface area contributed by atoms with Gasteiger partial charge in [-0.2, -0.15) is 5.10 Å². The Morgan fingerprint density at radius 3 is 2.44 bits per heavy atom. The van der Waals surface area contributed by atoms with Gasteiger partial charge in [0.1, 0.15) is 5.75 Å². The maximum absolute atomic E-state index is 12.5. The van der Waals surface area contributed by atoms with E-state index in [0.29, 0.717) is 17.0 Å². The van der Waals surface area contributed by atoms with Gasteiger partial charge in [-0.3, -0.25) is 4.79 Å². The van der Waals surface area contributed by atoms with Gasteiger partial charge in [-0.05, 0) is 58.8 Å². The molecule has 0 bridgehead atoms. The van der Waals surface area contributed by atoms with E-state index >= 15 is 0 Å². The molecule has 0 fully saturated rings. The predicted octanol–water partition coefficient (Wildman–Crippen LogP) is 2.85. The highest BCUT2D eigenvalue weighted by Crippen LogP contribution is 2.20. The predicted molar refractivity (Wildman–Crippen MR) is 103 cm³/mol. The van der Waals surface area contributed by atoms with Crippen molar-refractivity contribution in [1.29, 1.82) is 0 Å². The van der Waals surface area contributed by atoms with E-state index < -0.39 is 12.6 Å². The van der Waals surface area contributed by atoms with Crippen LogP contribution < -0.4 is 15.9 Å². The minimum absolute atomic E-state index is 0.247. The summed E-state index contributed by atoms with van der Waals surface area (Å²) in [5.41, 5.74) is 1.98. The summed E-state index contributed by atoms with van der Waals surface area (Å²) in [6, 6.07) is 17.6. The largest absolute Gasteiger partial charge is 0.482 e. The van der Waals surface area contributed by atoms with Crippen LogP contribution in [0.4, 0.5) is 5.69 Å². The topological polar surface area (TPSA) is 114 Å². The Morgan fingerprint density at radius 1 is 1.04 bits per heavy atom. The molecule has 0 saturated heterocycles. The van der Waals surface area contributed by atoms with Crippen LogP contribution >= 0.6 is 0 Å². The van der Waals surface area contributed by atoms with Gasteiger partial charge in [0.2, 0.25) is 0 Å². The number of carboxylic acids is 1. The van der Waals surface area contributed by atoms with E-state index in [9.17, 15) is 9.59 Å². The fraction of sp³-hybridized carbons (Fsp3) is 0.0500. The number of amides is 1. The molecule has 0 aromatic heterocycles. The smallest absolute Gasteiger partial charge is 0.341 e. The van der Waals surface area contributed by atoms with E-state index in [1.165, 1.54) is 0 Å². The number of anilines is 1. The molecular formula is C20H17N3O4. The molecular weight excluding hydrogens is 346 g/mol. The Labute approximate surface area is 155 Å². The summed E-state index contributed by atoms with van der Waals surface area (Å²) in [6.45, 7) is -0.415. The van der Waals surface area contributed by atoms with Crippen LogP contribution in [0.5, 0.6) is 5.75 Å². The lowest BCUT2D eigenvalue weighted by molar-refractivity contribution is -0.139. The normalized spacial score (nSPS) is 10.8. The molecule has 0 aliphatic carbocycles. The average molecular weight is 363 g/mol. The van der Waals surface area contributed by atoms with Crippen molar-refractivity contribution in [1.82, 2.24) is 0 Å². The van der Waals surface area contributed by atoms with Crippen LogP contribution in [0.2, 0.25) is 0 Å². The molecule has 27 heavy (non-hydrogen) atoms. The number of ether oxygens (including phenoxy) is 1. The Bertz CT molecular complexity index is 1010. The molecule has 0 spiro atoms. The first-order valence-corrected chi connectivity index (χ1v) is 8.08. The first kappa shape index (κ1) is 17.9. The second-order valence-corrected chi connectivity index (χ2v) is 5.76. The second-order valence-electron chi connectivity index (χ2n) is 5.76. The fourth-order valence-corrected chi connectivity index (χ4v) is 2.55. The van der Waals surface area contributed by atoms with Crippen LogP contribution in [0.3, 0.4) is 0 Å². The number of nitrogens with one attached hydrogen (secondary N) is 1. The van der Waals surface area contributed by atoms with E-state index in [-0.39, 0.29) is 5.91 Å². The van der Waals surface area contributed by atoms with Crippen molar-refractivity contribution in [3.05, 3.63) is 71.8 Å². The number of rotatable bonds is 6. The number of carboxylic acid groups (broad SMARTS) is 1. The zero-order chi connectivity index (χ0) is 19.2. The Kier molecular flexibility index (Phi) is 5.32. The molecule has 0 aliphatic heterocycles. The number of aliphatic carboxylic acids is 1. The lowest BCUT2D eigenvalue weighted by atomic mass is 10.0. The average Bonchev–Trinajstić information content (AvgIpc) is 2.67. The van der Waals surface area contributed by atoms with Gasteiger partial charge in [-0.25, -0.2) is 4.79 Å². The Hall–Kier alpha value is -3.87. The van der Waals surface area contributed by atoms with Gasteiger partial charge in [0, 0.05) is 11.3 Å². The number of carbonyl (C=O) groups excluding carboxylic acids is 1. The molecule has 0 heterocycles. The maximum atomic E-state index is 12.5. The maximum Gasteiger partial charge on any atom is 0.341 e. The summed E-state index contributed by atoms with van der Waals surface area (Å²) in [4.78, 5) is 23.0. The second kappa shape index (κ2) is 8.01. The standard InChI is InChI=1S/C20H17N3O4/c21-22-11-13-1-2-15-10-16(4-3-14(15)9-13)20(26)23-17-5-7-18(8-6-17)27-12-19(24)25/h1-11H,12,21H2,(H,23,26)(H,24,25). The summed E-state index contributed by atoms with van der Waals surface area (Å²) in [5.74, 6) is 4.28. The fourth-order valence-electron chi connectivity index (χ4n) is 2.55. The summed E-state index contributed by atoms with van der Waals surface area (Å²) < 4.78 is 5.06. The van der Waals surface area contributed by atoms with E-state index in [1.807, 2.05) is 24.3 Å². The van der Waals surface area contributed by atoms with Crippen LogP contribution in [-0.2, 0) is 4.79 Å². The molecule has 3 rings (SSSR count). The van der Waals surface area contributed by atoms with Gasteiger partial charge < -0.3 is 21.0 Å². The van der Waals surface area contributed by atoms with Crippen molar-refractivity contribution in [2.24, 2.45) is 10.9 Å². The molecule has 4 N–H and O–H groups in total. The van der Waals surface area contributed by atoms with Crippen molar-refractivity contribution in [3.63, 3.8) is 0 Å². The quantitative estimate of drug-likeness (QED) is 0.354. The van der Waals surface area contributed by atoms with Crippen molar-refractivity contribution in [3.8, 4) is 5.75 Å². The highest BCUT2D eigenvalue weighted by Gasteiger charge is 2.08. The molecule has 0 radical (unpaired) electrons. The van der Waals surface area contributed by atoms with E-state index in [2.05, 4.69) is 10.4 Å². The summed E-state index contributed by atoms with van der Waals surface area (Å²) in [6.07, 6.45) is 1.56. The molecule has 0 atom stereocenters. The highest BCUT2D eigenvalue weighted by molar-refractivity contribution is 6.06. The van der Waals surface area contributed by atoms with Gasteiger partial charge in [0.25, 0.3) is 5.91 Å². The zero-order valence-electron chi connectivity index (χ0n) is 14.3. The number of nitrogens with two attached hydrogens (primary N) is 1. The molecule has 0 aliphatic rings. The van der Waals surface area contributed by atoms with Crippen LogP contribution in [0.25, 0.3) is 10.8 Å². The molecule has 0 unspecified atom stereocenters. The third kappa shape index (κ3) is 4.60. The van der Waals surface area contributed by atoms with Crippen molar-refractivity contribution < 1.29 is 19.4 Å². The molecule has 7 heteroatoms. The van der Waals surface area contributed by atoms with E-state index in [4.69, 9.17) is 15.7 Å². The number of nitrogens with zero attached hydrogens (tertiary/aromatic N) is 1. The third-order valence-corrected chi connectivity index (χ3v) is 3.82. The van der Waals surface area contributed by atoms with E-state index in [0.717, 1.165) is 16.3 Å². The van der Waals surface area contributed by atoms with E-state index in [1.54, 1.807) is 42.6 Å². The molecule has 1 amide bonds. The van der Waals surface area contributed by atoms with Crippen molar-refractivity contribution in [2.75, 3.05) is 11.9 Å². The van der Waals surface area contributed by atoms with Gasteiger partial charge in [-0.1, -0.05) is 18.2 Å². The highest BCUT2D eigenvalue weighted by atomic mass is 16.5. The Morgan fingerprint density at radius 2 is 1.74 bits per heavy atom. The lowest BCUT2D eigenvalue weighted by Crippen LogP contribution is -2.12. The Balaban J connectivity index is 1.71. The molecule has 0 saturated carbocycles. The number of hydrazone groups is 1. The SMILES string of the molecule is NN=Cc1ccc2cc(C(=O)Nc3ccc(OCC(=O)O)cc3)ccc2c1. The molecule has 3 aromatic carbocycles. The zero-order valence-corrected chi connectivity index (χ0v) is 14.3. The summed E-state index contributed by atoms with van der Waals surface area (Å²) in [5, 5.41) is 16.8. The molecule has 136 valence electrons. The monoisotopic (exact) mass is 363 g/mol. The first-order valence-electron chi connectivity index (χ1n) is 8.08. The minimum atomic E-state index is -1.05. The number of fused-ring (bicyclic) bond motifs is 1. The van der Waals surface area contributed by atoms with Crippen molar-refractivity contribution >= 4 is 34.6 Å². The molecule has 3 aromatic rings. The number of benzene rings is 3. The summed E-state index contributed by atoms with van der Waals surface area (Å²) >= 11 is 0. The number of carbonyl (C=O) groups is 2. The van der Waals surface area contributed by atoms with Crippen molar-refractivity contribution in [2.45, 2.75) is 0 Å². The lowest BCUT2D eigenvalue weighted by Gasteiger charge is -2.08. The number of hydrogen-bond acceptors (Lipinski definition) is 5. The van der Waals surface area contributed by atoms with Crippen LogP contribution in [0.1, 0.15) is 15.9 Å². The van der Waals surface area contributed by atoms with Crippen LogP contribution in [0.15, 0.2) is 65.8 Å². The van der Waals surface area contributed by atoms with Gasteiger partial charge in [0.05, 0.1) is 6.21 Å². The third-order valence-electron chi connectivity index (χ3n) is 3.82. The van der Waals surface area contributed by atoms with Gasteiger partial charge in [0.15, 0.2) is 6.61 Å². The van der Waals surface area contributed by atoms with Crippen LogP contribution in [0, 0.1) is 0 Å². The minimum Gasteiger partial charge on any atom is -0.482 e. The summed E-state index contributed by atoms with van der Waals surface area (Å²) in [7, 11) is 0.